The van der Waals surface area contributed by atoms with Gasteiger partial charge in [0, 0.05) is 66.8 Å². The number of rotatable bonds is 4. The number of aromatic nitrogens is 3. The van der Waals surface area contributed by atoms with E-state index in [0.29, 0.717) is 71.8 Å². The third kappa shape index (κ3) is 4.07. The minimum absolute atomic E-state index is 0.517. The lowest BCUT2D eigenvalue weighted by molar-refractivity contribution is 0.122. The maximum atomic E-state index is 11.8. The van der Waals surface area contributed by atoms with Crippen molar-refractivity contribution < 1.29 is 13.4 Å². The summed E-state index contributed by atoms with van der Waals surface area (Å²) in [5, 5.41) is 10.8. The van der Waals surface area contributed by atoms with Crippen LogP contribution < -0.4 is 4.90 Å². The highest BCUT2D eigenvalue weighted by molar-refractivity contribution is 7.85. The SMILES string of the molecule is N#Cc1ccc2c(c1-c1nc(N3CCOCC3)c3oc4ncc(CN5CCS(=O)CC5)cc4c3n1)C=CC2. The van der Waals surface area contributed by atoms with E-state index in [4.69, 9.17) is 19.1 Å². The molecule has 38 heavy (non-hydrogen) atoms. The van der Waals surface area contributed by atoms with Crippen molar-refractivity contribution in [2.24, 2.45) is 0 Å². The van der Waals surface area contributed by atoms with Crippen LogP contribution in [0.2, 0.25) is 0 Å². The number of nitrogens with zero attached hydrogens (tertiary/aromatic N) is 6. The van der Waals surface area contributed by atoms with E-state index in [1.54, 1.807) is 0 Å². The van der Waals surface area contributed by atoms with Crippen molar-refractivity contribution in [1.82, 2.24) is 19.9 Å². The Morgan fingerprint density at radius 2 is 1.95 bits per heavy atom. The molecular weight excluding hydrogens is 500 g/mol. The van der Waals surface area contributed by atoms with E-state index >= 15 is 0 Å². The van der Waals surface area contributed by atoms with Gasteiger partial charge in [-0.3, -0.25) is 9.11 Å². The Morgan fingerprint density at radius 1 is 1.11 bits per heavy atom. The lowest BCUT2D eigenvalue weighted by Gasteiger charge is -2.28. The van der Waals surface area contributed by atoms with E-state index in [-0.39, 0.29) is 0 Å². The molecule has 0 N–H and O–H groups in total. The first-order valence-corrected chi connectivity index (χ1v) is 14.4. The molecule has 0 spiro atoms. The fourth-order valence-electron chi connectivity index (χ4n) is 5.51. The van der Waals surface area contributed by atoms with Crippen molar-refractivity contribution in [3.8, 4) is 17.5 Å². The smallest absolute Gasteiger partial charge is 0.229 e. The second-order valence-electron chi connectivity index (χ2n) is 9.85. The third-order valence-electron chi connectivity index (χ3n) is 7.50. The predicted octanol–water partition coefficient (Wildman–Crippen LogP) is 3.28. The number of ether oxygens (including phenoxy) is 1. The summed E-state index contributed by atoms with van der Waals surface area (Å²) in [6.07, 6.45) is 6.85. The Labute approximate surface area is 222 Å². The minimum Gasteiger partial charge on any atom is -0.432 e. The third-order valence-corrected chi connectivity index (χ3v) is 8.77. The zero-order valence-electron chi connectivity index (χ0n) is 20.9. The van der Waals surface area contributed by atoms with Gasteiger partial charge in [0.15, 0.2) is 17.2 Å². The fourth-order valence-corrected chi connectivity index (χ4v) is 6.63. The number of nitriles is 1. The molecule has 4 aromatic rings. The normalized spacial score (nSPS) is 18.3. The van der Waals surface area contributed by atoms with E-state index in [9.17, 15) is 9.47 Å². The van der Waals surface area contributed by atoms with Gasteiger partial charge in [-0.15, -0.1) is 0 Å². The first-order chi connectivity index (χ1) is 18.7. The van der Waals surface area contributed by atoms with Crippen LogP contribution in [0.3, 0.4) is 0 Å². The van der Waals surface area contributed by atoms with Crippen LogP contribution in [0.15, 0.2) is 34.9 Å². The molecule has 10 heteroatoms. The van der Waals surface area contributed by atoms with Crippen LogP contribution in [0.25, 0.3) is 39.7 Å². The highest BCUT2D eigenvalue weighted by Crippen LogP contribution is 2.38. The molecule has 0 amide bonds. The van der Waals surface area contributed by atoms with Crippen LogP contribution in [-0.2, 0) is 28.5 Å². The molecule has 1 aliphatic carbocycles. The summed E-state index contributed by atoms with van der Waals surface area (Å²) in [6, 6.07) is 8.32. The van der Waals surface area contributed by atoms with Crippen LogP contribution in [0.4, 0.5) is 5.82 Å². The number of allylic oxidation sites excluding steroid dienone is 1. The van der Waals surface area contributed by atoms with Crippen LogP contribution >= 0.6 is 0 Å². The number of morpholine rings is 1. The Morgan fingerprint density at radius 3 is 2.76 bits per heavy atom. The van der Waals surface area contributed by atoms with Gasteiger partial charge < -0.3 is 14.1 Å². The summed E-state index contributed by atoms with van der Waals surface area (Å²) in [5.41, 5.74) is 6.36. The van der Waals surface area contributed by atoms with E-state index in [0.717, 1.165) is 48.1 Å². The monoisotopic (exact) mass is 526 g/mol. The van der Waals surface area contributed by atoms with Crippen molar-refractivity contribution in [3.63, 3.8) is 0 Å². The van der Waals surface area contributed by atoms with Gasteiger partial charge in [0.25, 0.3) is 0 Å². The number of furan rings is 1. The summed E-state index contributed by atoms with van der Waals surface area (Å²) in [7, 11) is -0.713. The number of fused-ring (bicyclic) bond motifs is 4. The lowest BCUT2D eigenvalue weighted by Crippen LogP contribution is -2.37. The Balaban J connectivity index is 1.41. The first-order valence-electron chi connectivity index (χ1n) is 12.9. The Hall–Kier alpha value is -3.65. The second-order valence-corrected chi connectivity index (χ2v) is 11.5. The van der Waals surface area contributed by atoms with Gasteiger partial charge in [0.2, 0.25) is 5.71 Å². The molecule has 0 atom stereocenters. The van der Waals surface area contributed by atoms with Crippen molar-refractivity contribution in [1.29, 1.82) is 5.26 Å². The largest absolute Gasteiger partial charge is 0.432 e. The molecule has 1 aromatic carbocycles. The molecule has 2 fully saturated rings. The number of benzene rings is 1. The predicted molar refractivity (Wildman–Crippen MR) is 146 cm³/mol. The topological polar surface area (TPSA) is 108 Å². The zero-order chi connectivity index (χ0) is 25.6. The van der Waals surface area contributed by atoms with Crippen LogP contribution in [0.5, 0.6) is 0 Å². The summed E-state index contributed by atoms with van der Waals surface area (Å²) in [6.45, 7) is 4.96. The quantitative estimate of drug-likeness (QED) is 0.396. The van der Waals surface area contributed by atoms with Gasteiger partial charge in [-0.25, -0.2) is 15.0 Å². The molecule has 0 bridgehead atoms. The van der Waals surface area contributed by atoms with Crippen LogP contribution in [-0.4, -0.2) is 75.0 Å². The standard InChI is InChI=1S/C28H26N6O3S/c29-15-20-5-4-19-2-1-3-21(19)23(20)26-31-24-22-14-18(17-33-8-12-38(35)13-9-33)16-30-28(22)37-25(24)27(32-26)34-6-10-36-11-7-34/h1,3-5,14,16H,2,6-13,17H2. The van der Waals surface area contributed by atoms with E-state index in [2.05, 4.69) is 39.1 Å². The second kappa shape index (κ2) is 9.58. The van der Waals surface area contributed by atoms with Crippen molar-refractivity contribution in [3.05, 3.63) is 52.7 Å². The van der Waals surface area contributed by atoms with Gasteiger partial charge in [-0.2, -0.15) is 5.26 Å². The summed E-state index contributed by atoms with van der Waals surface area (Å²) >= 11 is 0. The maximum absolute atomic E-state index is 11.8. The van der Waals surface area contributed by atoms with Crippen molar-refractivity contribution >= 4 is 44.9 Å². The fraction of sp³-hybridized carbons (Fsp3) is 0.357. The Bertz CT molecular complexity index is 1660. The molecule has 9 nitrogen and oxygen atoms in total. The molecule has 0 radical (unpaired) electrons. The van der Waals surface area contributed by atoms with E-state index in [1.165, 1.54) is 5.56 Å². The summed E-state index contributed by atoms with van der Waals surface area (Å²) < 4.78 is 23.7. The van der Waals surface area contributed by atoms with Gasteiger partial charge in [-0.1, -0.05) is 18.2 Å². The van der Waals surface area contributed by atoms with Crippen LogP contribution in [0.1, 0.15) is 22.3 Å². The highest BCUT2D eigenvalue weighted by atomic mass is 32.2. The molecule has 192 valence electrons. The van der Waals surface area contributed by atoms with Crippen molar-refractivity contribution in [2.75, 3.05) is 55.8 Å². The number of anilines is 1. The molecule has 0 saturated carbocycles. The number of hydrogen-bond acceptors (Lipinski definition) is 9. The molecule has 3 aliphatic rings. The highest BCUT2D eigenvalue weighted by Gasteiger charge is 2.26. The number of hydrogen-bond donors (Lipinski definition) is 0. The zero-order valence-corrected chi connectivity index (χ0v) is 21.7. The Kier molecular flexibility index (Phi) is 5.92. The van der Waals surface area contributed by atoms with Crippen LogP contribution in [0, 0.1) is 11.3 Å². The first kappa shape index (κ1) is 23.5. The van der Waals surface area contributed by atoms with E-state index < -0.39 is 10.8 Å². The number of pyridine rings is 1. The minimum atomic E-state index is -0.713. The molecule has 2 aliphatic heterocycles. The lowest BCUT2D eigenvalue weighted by atomic mass is 9.97. The maximum Gasteiger partial charge on any atom is 0.229 e. The van der Waals surface area contributed by atoms with Gasteiger partial charge in [0.05, 0.1) is 30.2 Å². The molecule has 5 heterocycles. The summed E-state index contributed by atoms with van der Waals surface area (Å²) in [5.74, 6) is 2.64. The van der Waals surface area contributed by atoms with E-state index in [1.807, 2.05) is 18.3 Å². The molecule has 3 aromatic heterocycles. The molecular formula is C28H26N6O3S. The average Bonchev–Trinajstić information content (AvgIpc) is 3.58. The van der Waals surface area contributed by atoms with Crippen molar-refractivity contribution in [2.45, 2.75) is 13.0 Å². The average molecular weight is 527 g/mol. The van der Waals surface area contributed by atoms with Gasteiger partial charge in [0.1, 0.15) is 5.52 Å². The van der Waals surface area contributed by atoms with Gasteiger partial charge in [-0.05, 0) is 35.2 Å². The molecule has 2 saturated heterocycles. The molecule has 0 unspecified atom stereocenters. The summed E-state index contributed by atoms with van der Waals surface area (Å²) in [4.78, 5) is 19.2. The molecule has 7 rings (SSSR count). The van der Waals surface area contributed by atoms with Gasteiger partial charge >= 0.3 is 0 Å².